The van der Waals surface area contributed by atoms with Gasteiger partial charge in [-0.25, -0.2) is 13.2 Å². The molecular weight excluding hydrogens is 262 g/mol. The number of carbonyl (C=O) groups is 2. The van der Waals surface area contributed by atoms with Crippen molar-refractivity contribution in [3.05, 3.63) is 12.7 Å². The molecule has 18 heavy (non-hydrogen) atoms. The molecule has 0 aliphatic carbocycles. The Bertz CT molecular complexity index is 443. The molecule has 1 aliphatic rings. The van der Waals surface area contributed by atoms with E-state index in [1.54, 1.807) is 0 Å². The van der Waals surface area contributed by atoms with E-state index in [4.69, 9.17) is 9.84 Å². The van der Waals surface area contributed by atoms with Crippen LogP contribution in [0, 0.1) is 5.92 Å². The predicted molar refractivity (Wildman–Crippen MR) is 62.9 cm³/mol. The number of carboxylic acid groups (broad SMARTS) is 1. The van der Waals surface area contributed by atoms with Gasteiger partial charge < -0.3 is 14.7 Å². The molecule has 1 rings (SSSR count). The second-order valence-electron chi connectivity index (χ2n) is 3.96. The maximum absolute atomic E-state index is 11.6. The summed E-state index contributed by atoms with van der Waals surface area (Å²) in [5.74, 6) is -3.05. The molecule has 1 amide bonds. The highest BCUT2D eigenvalue weighted by atomic mass is 32.2. The quantitative estimate of drug-likeness (QED) is 0.713. The van der Waals surface area contributed by atoms with Crippen LogP contribution in [0.3, 0.4) is 0 Å². The third-order valence-electron chi connectivity index (χ3n) is 2.50. The molecule has 0 aromatic carbocycles. The zero-order valence-corrected chi connectivity index (χ0v) is 10.6. The highest BCUT2D eigenvalue weighted by molar-refractivity contribution is 7.91. The number of hydrogen-bond donors (Lipinski definition) is 1. The Hall–Kier alpha value is -1.57. The van der Waals surface area contributed by atoms with Gasteiger partial charge in [0.05, 0.1) is 17.4 Å². The normalized spacial score (nSPS) is 22.9. The van der Waals surface area contributed by atoms with E-state index in [2.05, 4.69) is 6.58 Å². The topological polar surface area (TPSA) is 101 Å². The van der Waals surface area contributed by atoms with Crippen LogP contribution in [0.1, 0.15) is 0 Å². The summed E-state index contributed by atoms with van der Waals surface area (Å²) >= 11 is 0. The average molecular weight is 277 g/mol. The Balaban J connectivity index is 2.79. The first-order chi connectivity index (χ1) is 8.35. The van der Waals surface area contributed by atoms with Crippen molar-refractivity contribution in [1.82, 2.24) is 4.90 Å². The molecule has 0 spiro atoms. The lowest BCUT2D eigenvalue weighted by Crippen LogP contribution is -2.38. The van der Waals surface area contributed by atoms with Crippen molar-refractivity contribution >= 4 is 21.9 Å². The average Bonchev–Trinajstić information content (AvgIpc) is 2.44. The van der Waals surface area contributed by atoms with Crippen LogP contribution in [-0.4, -0.2) is 61.7 Å². The summed E-state index contributed by atoms with van der Waals surface area (Å²) in [6.45, 7) is 3.16. The second-order valence-corrected chi connectivity index (χ2v) is 6.19. The molecule has 0 saturated carbocycles. The molecule has 0 radical (unpaired) electrons. The molecule has 102 valence electrons. The number of rotatable bonds is 3. The Morgan fingerprint density at radius 2 is 2.17 bits per heavy atom. The van der Waals surface area contributed by atoms with Crippen LogP contribution < -0.4 is 0 Å². The number of carbonyl (C=O) groups excluding carboxylic acids is 1. The van der Waals surface area contributed by atoms with E-state index in [1.165, 1.54) is 6.08 Å². The lowest BCUT2D eigenvalue weighted by atomic mass is 10.2. The van der Waals surface area contributed by atoms with Gasteiger partial charge in [0.25, 0.3) is 0 Å². The first-order valence-corrected chi connectivity index (χ1v) is 7.13. The fourth-order valence-corrected chi connectivity index (χ4v) is 3.11. The largest absolute Gasteiger partial charge is 0.481 e. The van der Waals surface area contributed by atoms with Crippen LogP contribution in [0.15, 0.2) is 12.7 Å². The van der Waals surface area contributed by atoms with Gasteiger partial charge >= 0.3 is 12.1 Å². The first-order valence-electron chi connectivity index (χ1n) is 5.31. The van der Waals surface area contributed by atoms with E-state index in [0.29, 0.717) is 0 Å². The molecule has 1 atom stereocenters. The number of ether oxygens (including phenoxy) is 1. The number of sulfone groups is 1. The number of hydrogen-bond acceptors (Lipinski definition) is 5. The van der Waals surface area contributed by atoms with E-state index in [9.17, 15) is 18.0 Å². The van der Waals surface area contributed by atoms with Crippen molar-refractivity contribution in [3.63, 3.8) is 0 Å². The lowest BCUT2D eigenvalue weighted by Gasteiger charge is -2.20. The fourth-order valence-electron chi connectivity index (χ4n) is 1.59. The van der Waals surface area contributed by atoms with Crippen molar-refractivity contribution < 1.29 is 27.9 Å². The molecule has 1 fully saturated rings. The van der Waals surface area contributed by atoms with Crippen LogP contribution in [0.4, 0.5) is 4.79 Å². The molecule has 1 N–H and O–H groups in total. The van der Waals surface area contributed by atoms with Crippen LogP contribution in [0.2, 0.25) is 0 Å². The first kappa shape index (κ1) is 14.5. The summed E-state index contributed by atoms with van der Waals surface area (Å²) < 4.78 is 27.8. The van der Waals surface area contributed by atoms with Crippen molar-refractivity contribution in [3.8, 4) is 0 Å². The predicted octanol–water partition coefficient (Wildman–Crippen LogP) is -0.260. The van der Waals surface area contributed by atoms with Gasteiger partial charge in [0.15, 0.2) is 9.84 Å². The summed E-state index contributed by atoms with van der Waals surface area (Å²) in [4.78, 5) is 23.6. The van der Waals surface area contributed by atoms with Gasteiger partial charge in [-0.05, 0) is 0 Å². The zero-order valence-electron chi connectivity index (χ0n) is 9.74. The third-order valence-corrected chi connectivity index (χ3v) is 4.22. The Morgan fingerprint density at radius 3 is 2.72 bits per heavy atom. The van der Waals surface area contributed by atoms with Crippen molar-refractivity contribution in [1.29, 1.82) is 0 Å². The van der Waals surface area contributed by atoms with Gasteiger partial charge in [0.2, 0.25) is 0 Å². The summed E-state index contributed by atoms with van der Waals surface area (Å²) in [6, 6.07) is 0. The maximum Gasteiger partial charge on any atom is 0.410 e. The van der Waals surface area contributed by atoms with Crippen LogP contribution in [0.25, 0.3) is 0 Å². The van der Waals surface area contributed by atoms with Crippen LogP contribution in [-0.2, 0) is 19.4 Å². The minimum Gasteiger partial charge on any atom is -0.481 e. The van der Waals surface area contributed by atoms with Gasteiger partial charge in [-0.3, -0.25) is 4.79 Å². The maximum atomic E-state index is 11.6. The smallest absolute Gasteiger partial charge is 0.410 e. The summed E-state index contributed by atoms with van der Waals surface area (Å²) in [6.07, 6.45) is 0.652. The highest BCUT2D eigenvalue weighted by Crippen LogP contribution is 2.13. The zero-order chi connectivity index (χ0) is 13.8. The van der Waals surface area contributed by atoms with Crippen molar-refractivity contribution in [2.45, 2.75) is 0 Å². The second kappa shape index (κ2) is 5.85. The minimum absolute atomic E-state index is 0.000177. The van der Waals surface area contributed by atoms with E-state index in [0.717, 1.165) is 4.90 Å². The van der Waals surface area contributed by atoms with E-state index in [-0.39, 0.29) is 25.4 Å². The van der Waals surface area contributed by atoms with Gasteiger partial charge in [-0.15, -0.1) is 0 Å². The molecule has 1 aliphatic heterocycles. The fraction of sp³-hybridized carbons (Fsp3) is 0.600. The van der Waals surface area contributed by atoms with Crippen molar-refractivity contribution in [2.75, 3.05) is 31.2 Å². The Labute approximate surface area is 105 Å². The Kier molecular flexibility index (Phi) is 4.71. The number of carboxylic acids is 1. The van der Waals surface area contributed by atoms with E-state index < -0.39 is 33.6 Å². The number of amides is 1. The van der Waals surface area contributed by atoms with Gasteiger partial charge in [0, 0.05) is 13.1 Å². The van der Waals surface area contributed by atoms with E-state index in [1.807, 2.05) is 0 Å². The molecular formula is C10H15NO6S. The summed E-state index contributed by atoms with van der Waals surface area (Å²) in [7, 11) is -3.45. The molecule has 1 heterocycles. The van der Waals surface area contributed by atoms with E-state index >= 15 is 0 Å². The number of nitrogens with zero attached hydrogens (tertiary/aromatic N) is 1. The molecule has 7 nitrogen and oxygen atoms in total. The standard InChI is InChI=1S/C10H15NO6S/c1-2-4-17-10(14)11-3-5-18(15,16)7-8(6-11)9(12)13/h2,8H,1,3-7H2,(H,12,13). The molecule has 0 aromatic rings. The van der Waals surface area contributed by atoms with Crippen LogP contribution in [0.5, 0.6) is 0 Å². The van der Waals surface area contributed by atoms with Crippen molar-refractivity contribution in [2.24, 2.45) is 5.92 Å². The molecule has 1 saturated heterocycles. The third kappa shape index (κ3) is 4.02. The van der Waals surface area contributed by atoms with Crippen LogP contribution >= 0.6 is 0 Å². The summed E-state index contributed by atoms with van der Waals surface area (Å²) in [5.41, 5.74) is 0. The molecule has 1 unspecified atom stereocenters. The minimum atomic E-state index is -3.45. The molecule has 0 aromatic heterocycles. The monoisotopic (exact) mass is 277 g/mol. The van der Waals surface area contributed by atoms with Gasteiger partial charge in [-0.2, -0.15) is 0 Å². The Morgan fingerprint density at radius 1 is 1.50 bits per heavy atom. The van der Waals surface area contributed by atoms with Gasteiger partial charge in [0.1, 0.15) is 6.61 Å². The highest BCUT2D eigenvalue weighted by Gasteiger charge is 2.33. The molecule has 8 heteroatoms. The summed E-state index contributed by atoms with van der Waals surface area (Å²) in [5, 5.41) is 8.91. The number of aliphatic carboxylic acids is 1. The lowest BCUT2D eigenvalue weighted by molar-refractivity contribution is -0.141. The SMILES string of the molecule is C=CCOC(=O)N1CCS(=O)(=O)CC(C(=O)O)C1. The van der Waals surface area contributed by atoms with Gasteiger partial charge in [-0.1, -0.05) is 12.7 Å². The molecule has 0 bridgehead atoms.